The molecule has 0 saturated carbocycles. The summed E-state index contributed by atoms with van der Waals surface area (Å²) >= 11 is 1.34. The number of amides is 1. The number of thiazole rings is 1. The molecule has 0 bridgehead atoms. The molecule has 1 atom stereocenters. The number of ether oxygens (including phenoxy) is 1. The number of esters is 1. The molecule has 1 amide bonds. The number of aromatic nitrogens is 1. The summed E-state index contributed by atoms with van der Waals surface area (Å²) < 4.78 is 4.93. The Hall–Kier alpha value is -1.63. The molecule has 1 aromatic rings. The fourth-order valence-corrected chi connectivity index (χ4v) is 2.39. The summed E-state index contributed by atoms with van der Waals surface area (Å²) in [5.41, 5.74) is 0.306. The number of hydrogen-bond acceptors (Lipinski definition) is 6. The van der Waals surface area contributed by atoms with E-state index in [1.165, 1.54) is 11.3 Å². The van der Waals surface area contributed by atoms with E-state index in [4.69, 9.17) is 4.74 Å². The highest BCUT2D eigenvalue weighted by Gasteiger charge is 2.19. The second-order valence-electron chi connectivity index (χ2n) is 4.30. The number of anilines is 1. The van der Waals surface area contributed by atoms with E-state index in [2.05, 4.69) is 15.6 Å². The molecule has 0 saturated heterocycles. The van der Waals surface area contributed by atoms with Crippen molar-refractivity contribution in [3.63, 3.8) is 0 Å². The number of nitrogens with one attached hydrogen (secondary N) is 2. The fourth-order valence-electron chi connectivity index (χ4n) is 1.50. The van der Waals surface area contributed by atoms with Crippen LogP contribution >= 0.6 is 11.3 Å². The largest absolute Gasteiger partial charge is 0.461 e. The summed E-state index contributed by atoms with van der Waals surface area (Å²) in [6.07, 6.45) is 0.891. The van der Waals surface area contributed by atoms with E-state index in [0.717, 1.165) is 11.3 Å². The van der Waals surface area contributed by atoms with E-state index in [9.17, 15) is 9.59 Å². The van der Waals surface area contributed by atoms with Gasteiger partial charge in [-0.1, -0.05) is 6.92 Å². The first kappa shape index (κ1) is 16.4. The van der Waals surface area contributed by atoms with Crippen molar-refractivity contribution >= 4 is 28.3 Å². The minimum absolute atomic E-state index is 0.0858. The van der Waals surface area contributed by atoms with Crippen molar-refractivity contribution in [3.8, 4) is 0 Å². The van der Waals surface area contributed by atoms with Gasteiger partial charge in [0, 0.05) is 11.4 Å². The first-order chi connectivity index (χ1) is 9.49. The van der Waals surface area contributed by atoms with E-state index < -0.39 is 12.0 Å². The Morgan fingerprint density at radius 1 is 1.40 bits per heavy atom. The Labute approximate surface area is 122 Å². The smallest absolute Gasteiger partial charge is 0.358 e. The molecular weight excluding hydrogens is 278 g/mol. The van der Waals surface area contributed by atoms with E-state index in [0.29, 0.717) is 24.0 Å². The van der Waals surface area contributed by atoms with Crippen LogP contribution in [0.15, 0.2) is 0 Å². The lowest BCUT2D eigenvalue weighted by Crippen LogP contribution is -2.37. The van der Waals surface area contributed by atoms with Crippen LogP contribution in [0.1, 0.15) is 42.6 Å². The number of hydrogen-bond donors (Lipinski definition) is 2. The van der Waals surface area contributed by atoms with Crippen LogP contribution in [0.5, 0.6) is 0 Å². The predicted octanol–water partition coefficient (Wildman–Crippen LogP) is 1.95. The Morgan fingerprint density at radius 3 is 2.70 bits per heavy atom. The van der Waals surface area contributed by atoms with Gasteiger partial charge in [0.25, 0.3) is 0 Å². The lowest BCUT2D eigenvalue weighted by molar-refractivity contribution is -0.121. The Morgan fingerprint density at radius 2 is 2.10 bits per heavy atom. The van der Waals surface area contributed by atoms with Gasteiger partial charge >= 0.3 is 5.97 Å². The number of carbonyl (C=O) groups is 2. The van der Waals surface area contributed by atoms with E-state index in [1.54, 1.807) is 20.8 Å². The number of aryl methyl sites for hydroxylation is 1. The van der Waals surface area contributed by atoms with E-state index in [-0.39, 0.29) is 5.91 Å². The molecule has 1 heterocycles. The van der Waals surface area contributed by atoms with Crippen molar-refractivity contribution in [2.24, 2.45) is 0 Å². The first-order valence-corrected chi connectivity index (χ1v) is 7.50. The van der Waals surface area contributed by atoms with Crippen LogP contribution in [0.25, 0.3) is 0 Å². The normalized spacial score (nSPS) is 11.8. The maximum Gasteiger partial charge on any atom is 0.358 e. The van der Waals surface area contributed by atoms with Crippen LogP contribution in [0.2, 0.25) is 0 Å². The quantitative estimate of drug-likeness (QED) is 0.752. The summed E-state index contributed by atoms with van der Waals surface area (Å²) in [6.45, 7) is 8.26. The Balaban J connectivity index is 2.67. The van der Waals surface area contributed by atoms with Crippen molar-refractivity contribution in [2.45, 2.75) is 40.2 Å². The zero-order valence-corrected chi connectivity index (χ0v) is 13.1. The molecule has 0 radical (unpaired) electrons. The molecule has 1 rings (SSSR count). The molecular formula is C13H21N3O3S. The zero-order valence-electron chi connectivity index (χ0n) is 12.3. The SMILES string of the molecule is CCCNC(=O)C(C)Nc1nc(C(=O)OCC)c(C)s1. The number of nitrogens with zero attached hydrogens (tertiary/aromatic N) is 1. The van der Waals surface area contributed by atoms with Crippen LogP contribution in [0.4, 0.5) is 5.13 Å². The highest BCUT2D eigenvalue weighted by atomic mass is 32.1. The van der Waals surface area contributed by atoms with Gasteiger partial charge in [0.15, 0.2) is 10.8 Å². The number of rotatable bonds is 7. The van der Waals surface area contributed by atoms with Crippen LogP contribution in [-0.2, 0) is 9.53 Å². The molecule has 0 aliphatic heterocycles. The van der Waals surface area contributed by atoms with Crippen molar-refractivity contribution < 1.29 is 14.3 Å². The minimum atomic E-state index is -0.433. The standard InChI is InChI=1S/C13H21N3O3S/c1-5-7-14-11(17)8(3)15-13-16-10(9(4)20-13)12(18)19-6-2/h8H,5-7H2,1-4H3,(H,14,17)(H,15,16). The van der Waals surface area contributed by atoms with Crippen molar-refractivity contribution in [3.05, 3.63) is 10.6 Å². The molecule has 112 valence electrons. The molecule has 1 unspecified atom stereocenters. The van der Waals surface area contributed by atoms with E-state index in [1.807, 2.05) is 6.92 Å². The maximum absolute atomic E-state index is 11.7. The average molecular weight is 299 g/mol. The maximum atomic E-state index is 11.7. The molecule has 0 fully saturated rings. The minimum Gasteiger partial charge on any atom is -0.461 e. The number of carbonyl (C=O) groups excluding carboxylic acids is 2. The molecule has 6 nitrogen and oxygen atoms in total. The van der Waals surface area contributed by atoms with Gasteiger partial charge in [-0.15, -0.1) is 11.3 Å². The molecule has 7 heteroatoms. The van der Waals surface area contributed by atoms with Gasteiger partial charge in [-0.25, -0.2) is 9.78 Å². The molecule has 0 aliphatic carbocycles. The fraction of sp³-hybridized carbons (Fsp3) is 0.615. The van der Waals surface area contributed by atoms with Crippen LogP contribution < -0.4 is 10.6 Å². The second kappa shape index (κ2) is 7.84. The third-order valence-electron chi connectivity index (χ3n) is 2.55. The lowest BCUT2D eigenvalue weighted by Gasteiger charge is -2.12. The third-order valence-corrected chi connectivity index (χ3v) is 3.45. The predicted molar refractivity (Wildman–Crippen MR) is 79.2 cm³/mol. The highest BCUT2D eigenvalue weighted by Crippen LogP contribution is 2.23. The van der Waals surface area contributed by atoms with Gasteiger partial charge in [-0.2, -0.15) is 0 Å². The van der Waals surface area contributed by atoms with Crippen molar-refractivity contribution in [2.75, 3.05) is 18.5 Å². The van der Waals surface area contributed by atoms with Gasteiger partial charge in [0.1, 0.15) is 6.04 Å². The van der Waals surface area contributed by atoms with Gasteiger partial charge in [-0.3, -0.25) is 4.79 Å². The Kier molecular flexibility index (Phi) is 6.44. The molecule has 1 aromatic heterocycles. The van der Waals surface area contributed by atoms with Crippen LogP contribution in [0.3, 0.4) is 0 Å². The summed E-state index contributed by atoms with van der Waals surface area (Å²) in [6, 6.07) is -0.401. The molecule has 0 aromatic carbocycles. The molecule has 0 aliphatic rings. The molecule has 0 spiro atoms. The third kappa shape index (κ3) is 4.48. The van der Waals surface area contributed by atoms with Crippen LogP contribution in [-0.4, -0.2) is 36.1 Å². The summed E-state index contributed by atoms with van der Waals surface area (Å²) in [5.74, 6) is -0.519. The summed E-state index contributed by atoms with van der Waals surface area (Å²) in [7, 11) is 0. The topological polar surface area (TPSA) is 80.3 Å². The lowest BCUT2D eigenvalue weighted by atomic mass is 10.3. The average Bonchev–Trinajstić information content (AvgIpc) is 2.77. The zero-order chi connectivity index (χ0) is 15.1. The monoisotopic (exact) mass is 299 g/mol. The second-order valence-corrected chi connectivity index (χ2v) is 5.50. The van der Waals surface area contributed by atoms with Gasteiger partial charge in [0.05, 0.1) is 6.61 Å². The van der Waals surface area contributed by atoms with Crippen LogP contribution in [0, 0.1) is 6.92 Å². The molecule has 20 heavy (non-hydrogen) atoms. The summed E-state index contributed by atoms with van der Waals surface area (Å²) in [4.78, 5) is 28.4. The van der Waals surface area contributed by atoms with Crippen molar-refractivity contribution in [1.29, 1.82) is 0 Å². The van der Waals surface area contributed by atoms with Crippen molar-refractivity contribution in [1.82, 2.24) is 10.3 Å². The first-order valence-electron chi connectivity index (χ1n) is 6.68. The van der Waals surface area contributed by atoms with Gasteiger partial charge in [-0.05, 0) is 27.2 Å². The Bertz CT molecular complexity index is 473. The summed E-state index contributed by atoms with van der Waals surface area (Å²) in [5, 5.41) is 6.34. The van der Waals surface area contributed by atoms with Gasteiger partial charge in [0.2, 0.25) is 5.91 Å². The van der Waals surface area contributed by atoms with E-state index >= 15 is 0 Å². The van der Waals surface area contributed by atoms with Gasteiger partial charge < -0.3 is 15.4 Å². The highest BCUT2D eigenvalue weighted by molar-refractivity contribution is 7.15. The molecule has 2 N–H and O–H groups in total.